The van der Waals surface area contributed by atoms with Crippen molar-refractivity contribution in [3.05, 3.63) is 40.9 Å². The van der Waals surface area contributed by atoms with Gasteiger partial charge in [0.05, 0.1) is 23.5 Å². The fourth-order valence-corrected chi connectivity index (χ4v) is 4.20. The Morgan fingerprint density at radius 1 is 1.13 bits per heavy atom. The monoisotopic (exact) mass is 490 g/mol. The van der Waals surface area contributed by atoms with Gasteiger partial charge in [0.25, 0.3) is 5.91 Å². The van der Waals surface area contributed by atoms with Gasteiger partial charge in [0.15, 0.2) is 6.61 Å². The molecule has 0 bridgehead atoms. The van der Waals surface area contributed by atoms with Crippen LogP contribution in [0.4, 0.5) is 0 Å². The first-order chi connectivity index (χ1) is 14.9. The Bertz CT molecular complexity index is 956. The number of ether oxygens (including phenoxy) is 2. The van der Waals surface area contributed by atoms with Gasteiger partial charge in [-0.3, -0.25) is 14.4 Å². The molecule has 0 aliphatic carbocycles. The molecule has 2 aromatic carbocycles. The maximum atomic E-state index is 12.6. The lowest BCUT2D eigenvalue weighted by Gasteiger charge is -2.32. The molecule has 0 spiro atoms. The van der Waals surface area contributed by atoms with Crippen LogP contribution in [0.5, 0.6) is 5.75 Å². The normalized spacial score (nSPS) is 14.4. The molecule has 1 aliphatic heterocycles. The van der Waals surface area contributed by atoms with E-state index >= 15 is 0 Å². The third-order valence-corrected chi connectivity index (χ3v) is 6.26. The van der Waals surface area contributed by atoms with Gasteiger partial charge in [-0.15, -0.1) is 0 Å². The van der Waals surface area contributed by atoms with E-state index in [1.807, 2.05) is 36.4 Å². The molecule has 8 heteroatoms. The molecule has 0 radical (unpaired) electrons. The number of benzene rings is 2. The molecule has 0 atom stereocenters. The number of carbonyl (C=O) groups is 3. The summed E-state index contributed by atoms with van der Waals surface area (Å²) in [5.74, 6) is -0.191. The minimum absolute atomic E-state index is 0.0227. The molecule has 166 valence electrons. The molecule has 1 aliphatic rings. The van der Waals surface area contributed by atoms with Gasteiger partial charge in [-0.05, 0) is 52.5 Å². The van der Waals surface area contributed by atoms with Crippen LogP contribution < -0.4 is 4.74 Å². The fraction of sp³-hybridized carbons (Fsp3) is 0.435. The van der Waals surface area contributed by atoms with Gasteiger partial charge in [-0.2, -0.15) is 0 Å². The lowest BCUT2D eigenvalue weighted by atomic mass is 9.97. The lowest BCUT2D eigenvalue weighted by Crippen LogP contribution is -2.46. The molecular formula is C23H27BrN2O5. The van der Waals surface area contributed by atoms with E-state index in [9.17, 15) is 14.4 Å². The van der Waals surface area contributed by atoms with Gasteiger partial charge in [0, 0.05) is 20.1 Å². The van der Waals surface area contributed by atoms with E-state index in [1.54, 1.807) is 18.9 Å². The van der Waals surface area contributed by atoms with Crippen LogP contribution in [0.3, 0.4) is 0 Å². The van der Waals surface area contributed by atoms with E-state index in [2.05, 4.69) is 15.9 Å². The highest BCUT2D eigenvalue weighted by Gasteiger charge is 2.29. The predicted octanol–water partition coefficient (Wildman–Crippen LogP) is 3.24. The Labute approximate surface area is 190 Å². The Balaban J connectivity index is 1.48. The molecule has 2 amide bonds. The van der Waals surface area contributed by atoms with Gasteiger partial charge in [0.2, 0.25) is 5.91 Å². The molecule has 0 unspecified atom stereocenters. The van der Waals surface area contributed by atoms with E-state index in [4.69, 9.17) is 9.47 Å². The minimum atomic E-state index is -0.283. The molecule has 0 saturated carbocycles. The first kappa shape index (κ1) is 23.1. The molecule has 1 fully saturated rings. The Morgan fingerprint density at radius 2 is 1.84 bits per heavy atom. The van der Waals surface area contributed by atoms with Crippen molar-refractivity contribution in [3.8, 4) is 5.75 Å². The second-order valence-corrected chi connectivity index (χ2v) is 8.34. The Kier molecular flexibility index (Phi) is 7.90. The number of hydrogen-bond donors (Lipinski definition) is 0. The number of halogens is 1. The van der Waals surface area contributed by atoms with E-state index in [-0.39, 0.29) is 36.9 Å². The number of piperidine rings is 1. The van der Waals surface area contributed by atoms with Crippen LogP contribution in [-0.4, -0.2) is 67.5 Å². The zero-order valence-electron chi connectivity index (χ0n) is 17.8. The maximum Gasteiger partial charge on any atom is 0.309 e. The smallest absolute Gasteiger partial charge is 0.309 e. The third-order valence-electron chi connectivity index (χ3n) is 5.44. The van der Waals surface area contributed by atoms with Crippen molar-refractivity contribution in [2.24, 2.45) is 5.92 Å². The molecular weight excluding hydrogens is 464 g/mol. The van der Waals surface area contributed by atoms with Crippen molar-refractivity contribution in [3.63, 3.8) is 0 Å². The number of likely N-dealkylation sites (tertiary alicyclic amines) is 1. The zero-order valence-corrected chi connectivity index (χ0v) is 19.4. The molecule has 3 rings (SSSR count). The summed E-state index contributed by atoms with van der Waals surface area (Å²) in [7, 11) is 1.59. The van der Waals surface area contributed by atoms with Gasteiger partial charge in [-0.25, -0.2) is 0 Å². The largest absolute Gasteiger partial charge is 0.483 e. The van der Waals surface area contributed by atoms with E-state index in [1.165, 1.54) is 4.90 Å². The highest BCUT2D eigenvalue weighted by atomic mass is 79.9. The Hall–Kier alpha value is -2.61. The molecule has 0 aromatic heterocycles. The van der Waals surface area contributed by atoms with Crippen molar-refractivity contribution >= 4 is 44.5 Å². The first-order valence-corrected chi connectivity index (χ1v) is 11.2. The summed E-state index contributed by atoms with van der Waals surface area (Å²) in [5.41, 5.74) is 0. The minimum Gasteiger partial charge on any atom is -0.483 e. The summed E-state index contributed by atoms with van der Waals surface area (Å²) in [6.07, 6.45) is 1.17. The van der Waals surface area contributed by atoms with Gasteiger partial charge < -0.3 is 19.3 Å². The van der Waals surface area contributed by atoms with Crippen LogP contribution >= 0.6 is 15.9 Å². The molecule has 7 nitrogen and oxygen atoms in total. The van der Waals surface area contributed by atoms with Crippen LogP contribution in [0.2, 0.25) is 0 Å². The zero-order chi connectivity index (χ0) is 22.4. The molecule has 31 heavy (non-hydrogen) atoms. The second-order valence-electron chi connectivity index (χ2n) is 7.54. The van der Waals surface area contributed by atoms with Crippen molar-refractivity contribution in [1.82, 2.24) is 9.80 Å². The van der Waals surface area contributed by atoms with Crippen molar-refractivity contribution < 1.29 is 23.9 Å². The summed E-state index contributed by atoms with van der Waals surface area (Å²) < 4.78 is 11.6. The molecule has 1 saturated heterocycles. The lowest BCUT2D eigenvalue weighted by molar-refractivity contribution is -0.151. The SMILES string of the molecule is CCOC(=O)C1CCN(C(=O)CN(C)C(=O)COc2ccc3ccccc3c2Br)CC1. The van der Waals surface area contributed by atoms with Crippen LogP contribution in [0.15, 0.2) is 40.9 Å². The standard InChI is InChI=1S/C23H27BrN2O5/c1-3-30-23(29)17-10-12-26(13-11-17)20(27)14-25(2)21(28)15-31-19-9-8-16-6-4-5-7-18(16)22(19)24/h4-9,17H,3,10-15H2,1-2H3. The second kappa shape index (κ2) is 10.6. The number of amides is 2. The summed E-state index contributed by atoms with van der Waals surface area (Å²) in [5, 5.41) is 2.07. The number of fused-ring (bicyclic) bond motifs is 1. The van der Waals surface area contributed by atoms with Crippen LogP contribution in [-0.2, 0) is 19.1 Å². The van der Waals surface area contributed by atoms with E-state index in [0.717, 1.165) is 15.2 Å². The average Bonchev–Trinajstić information content (AvgIpc) is 2.78. The number of esters is 1. The van der Waals surface area contributed by atoms with Crippen molar-refractivity contribution in [1.29, 1.82) is 0 Å². The molecule has 1 heterocycles. The number of hydrogen-bond acceptors (Lipinski definition) is 5. The van der Waals surface area contributed by atoms with Gasteiger partial charge >= 0.3 is 5.97 Å². The summed E-state index contributed by atoms with van der Waals surface area (Å²) in [6.45, 7) is 2.95. The molecule has 2 aromatic rings. The van der Waals surface area contributed by atoms with Crippen molar-refractivity contribution in [2.75, 3.05) is 39.9 Å². The van der Waals surface area contributed by atoms with E-state index < -0.39 is 0 Å². The van der Waals surface area contributed by atoms with E-state index in [0.29, 0.717) is 38.3 Å². The van der Waals surface area contributed by atoms with Gasteiger partial charge in [-0.1, -0.05) is 30.3 Å². The molecule has 0 N–H and O–H groups in total. The highest BCUT2D eigenvalue weighted by Crippen LogP contribution is 2.33. The topological polar surface area (TPSA) is 76.2 Å². The predicted molar refractivity (Wildman–Crippen MR) is 121 cm³/mol. The number of rotatable bonds is 7. The first-order valence-electron chi connectivity index (χ1n) is 10.4. The number of likely N-dealkylation sites (N-methyl/N-ethyl adjacent to an activating group) is 1. The van der Waals surface area contributed by atoms with Crippen molar-refractivity contribution in [2.45, 2.75) is 19.8 Å². The van der Waals surface area contributed by atoms with Crippen LogP contribution in [0, 0.1) is 5.92 Å². The quantitative estimate of drug-likeness (QED) is 0.556. The van der Waals surface area contributed by atoms with Crippen LogP contribution in [0.25, 0.3) is 10.8 Å². The average molecular weight is 491 g/mol. The summed E-state index contributed by atoms with van der Waals surface area (Å²) >= 11 is 3.54. The maximum absolute atomic E-state index is 12.6. The fourth-order valence-electron chi connectivity index (χ4n) is 3.59. The number of nitrogens with zero attached hydrogens (tertiary/aromatic N) is 2. The number of carbonyl (C=O) groups excluding carboxylic acids is 3. The summed E-state index contributed by atoms with van der Waals surface area (Å²) in [4.78, 5) is 39.9. The third kappa shape index (κ3) is 5.76. The van der Waals surface area contributed by atoms with Gasteiger partial charge in [0.1, 0.15) is 5.75 Å². The van der Waals surface area contributed by atoms with Crippen LogP contribution in [0.1, 0.15) is 19.8 Å². The Morgan fingerprint density at radius 3 is 2.55 bits per heavy atom. The highest BCUT2D eigenvalue weighted by molar-refractivity contribution is 9.10. The summed E-state index contributed by atoms with van der Waals surface area (Å²) in [6, 6.07) is 11.6.